The highest BCUT2D eigenvalue weighted by Crippen LogP contribution is 2.45. The lowest BCUT2D eigenvalue weighted by atomic mass is 9.98. The Bertz CT molecular complexity index is 448. The molecule has 1 N–H and O–H groups in total. The Labute approximate surface area is 103 Å². The molecule has 1 aliphatic carbocycles. The van der Waals surface area contributed by atoms with E-state index in [2.05, 4.69) is 50.4 Å². The van der Waals surface area contributed by atoms with Gasteiger partial charge in [-0.1, -0.05) is 29.8 Å². The van der Waals surface area contributed by atoms with Gasteiger partial charge in [-0.05, 0) is 50.3 Å². The standard InChI is InChI=1S/C15H19NO/c1-11(2)12(3)13-4-6-14(7-5-13)15(8-9-15)16-10-17/h4-7,10H,8-9H2,1-3H3,(H,16,17). The second kappa shape index (κ2) is 4.36. The molecule has 1 saturated carbocycles. The van der Waals surface area contributed by atoms with Gasteiger partial charge in [0.05, 0.1) is 5.54 Å². The van der Waals surface area contributed by atoms with Gasteiger partial charge in [0.2, 0.25) is 6.41 Å². The number of hydrogen-bond acceptors (Lipinski definition) is 1. The molecule has 2 nitrogen and oxygen atoms in total. The van der Waals surface area contributed by atoms with Gasteiger partial charge in [0.1, 0.15) is 0 Å². The summed E-state index contributed by atoms with van der Waals surface area (Å²) in [5.74, 6) is 0. The molecule has 1 amide bonds. The number of benzene rings is 1. The smallest absolute Gasteiger partial charge is 0.207 e. The number of rotatable bonds is 4. The van der Waals surface area contributed by atoms with Crippen molar-refractivity contribution in [1.82, 2.24) is 5.32 Å². The Kier molecular flexibility index (Phi) is 3.05. The van der Waals surface area contributed by atoms with E-state index >= 15 is 0 Å². The minimum absolute atomic E-state index is 0.0703. The lowest BCUT2D eigenvalue weighted by molar-refractivity contribution is -0.110. The quantitative estimate of drug-likeness (QED) is 0.789. The molecule has 1 aromatic carbocycles. The Morgan fingerprint density at radius 2 is 1.76 bits per heavy atom. The molecule has 2 rings (SSSR count). The van der Waals surface area contributed by atoms with Gasteiger partial charge in [-0.25, -0.2) is 0 Å². The minimum atomic E-state index is -0.0703. The highest BCUT2D eigenvalue weighted by atomic mass is 16.1. The second-order valence-corrected chi connectivity index (χ2v) is 5.05. The maximum atomic E-state index is 10.6. The van der Waals surface area contributed by atoms with Crippen molar-refractivity contribution >= 4 is 12.0 Å². The van der Waals surface area contributed by atoms with Gasteiger partial charge in [-0.2, -0.15) is 0 Å². The van der Waals surface area contributed by atoms with Gasteiger partial charge in [0, 0.05) is 0 Å². The Morgan fingerprint density at radius 3 is 2.18 bits per heavy atom. The van der Waals surface area contributed by atoms with Crippen LogP contribution in [0, 0.1) is 0 Å². The van der Waals surface area contributed by atoms with E-state index in [0.717, 1.165) is 19.3 Å². The van der Waals surface area contributed by atoms with Gasteiger partial charge in [0.25, 0.3) is 0 Å². The van der Waals surface area contributed by atoms with E-state index in [9.17, 15) is 4.79 Å². The van der Waals surface area contributed by atoms with E-state index in [1.165, 1.54) is 22.3 Å². The van der Waals surface area contributed by atoms with Crippen LogP contribution in [0.5, 0.6) is 0 Å². The number of allylic oxidation sites excluding steroid dienone is 2. The molecule has 17 heavy (non-hydrogen) atoms. The number of hydrogen-bond donors (Lipinski definition) is 1. The summed E-state index contributed by atoms with van der Waals surface area (Å²) in [6, 6.07) is 8.55. The molecule has 0 aliphatic heterocycles. The van der Waals surface area contributed by atoms with E-state index in [1.807, 2.05) is 0 Å². The average Bonchev–Trinajstić information content (AvgIpc) is 3.10. The summed E-state index contributed by atoms with van der Waals surface area (Å²) in [4.78, 5) is 10.6. The zero-order chi connectivity index (χ0) is 12.5. The SMILES string of the molecule is CC(C)=C(C)c1ccc(C2(NC=O)CC2)cc1. The van der Waals surface area contributed by atoms with Crippen molar-refractivity contribution in [3.8, 4) is 0 Å². The molecule has 1 aromatic rings. The van der Waals surface area contributed by atoms with Crippen LogP contribution >= 0.6 is 0 Å². The number of amides is 1. The van der Waals surface area contributed by atoms with E-state index < -0.39 is 0 Å². The molecular formula is C15H19NO. The molecule has 1 fully saturated rings. The summed E-state index contributed by atoms with van der Waals surface area (Å²) in [5, 5.41) is 2.93. The molecule has 1 aliphatic rings. The van der Waals surface area contributed by atoms with Crippen molar-refractivity contribution in [2.75, 3.05) is 0 Å². The van der Waals surface area contributed by atoms with E-state index in [4.69, 9.17) is 0 Å². The first kappa shape index (κ1) is 11.9. The van der Waals surface area contributed by atoms with Crippen molar-refractivity contribution in [2.45, 2.75) is 39.2 Å². The van der Waals surface area contributed by atoms with E-state index in [1.54, 1.807) is 0 Å². The summed E-state index contributed by atoms with van der Waals surface area (Å²) >= 11 is 0. The molecular weight excluding hydrogens is 210 g/mol. The van der Waals surface area contributed by atoms with Gasteiger partial charge < -0.3 is 5.32 Å². The van der Waals surface area contributed by atoms with Crippen LogP contribution < -0.4 is 5.32 Å². The summed E-state index contributed by atoms with van der Waals surface area (Å²) in [5.41, 5.74) is 5.07. The fourth-order valence-corrected chi connectivity index (χ4v) is 2.08. The predicted molar refractivity (Wildman–Crippen MR) is 70.5 cm³/mol. The first-order chi connectivity index (χ1) is 8.09. The fourth-order valence-electron chi connectivity index (χ4n) is 2.08. The topological polar surface area (TPSA) is 29.1 Å². The maximum Gasteiger partial charge on any atom is 0.207 e. The summed E-state index contributed by atoms with van der Waals surface area (Å²) < 4.78 is 0. The second-order valence-electron chi connectivity index (χ2n) is 5.05. The van der Waals surface area contributed by atoms with Crippen molar-refractivity contribution < 1.29 is 4.79 Å². The van der Waals surface area contributed by atoms with E-state index in [0.29, 0.717) is 0 Å². The molecule has 0 unspecified atom stereocenters. The van der Waals surface area contributed by atoms with Gasteiger partial charge >= 0.3 is 0 Å². The lowest BCUT2D eigenvalue weighted by Crippen LogP contribution is -2.27. The molecule has 0 saturated heterocycles. The van der Waals surface area contributed by atoms with Crippen molar-refractivity contribution in [3.63, 3.8) is 0 Å². The molecule has 0 spiro atoms. The summed E-state index contributed by atoms with van der Waals surface area (Å²) in [7, 11) is 0. The van der Waals surface area contributed by atoms with Gasteiger partial charge in [-0.3, -0.25) is 4.79 Å². The van der Waals surface area contributed by atoms with Crippen LogP contribution in [0.3, 0.4) is 0 Å². The lowest BCUT2D eigenvalue weighted by Gasteiger charge is -2.15. The van der Waals surface area contributed by atoms with Gasteiger partial charge in [-0.15, -0.1) is 0 Å². The Hall–Kier alpha value is -1.57. The molecule has 0 aromatic heterocycles. The average molecular weight is 229 g/mol. The van der Waals surface area contributed by atoms with Crippen LogP contribution in [0.25, 0.3) is 5.57 Å². The number of nitrogens with one attached hydrogen (secondary N) is 1. The summed E-state index contributed by atoms with van der Waals surface area (Å²) in [6.07, 6.45) is 2.90. The molecule has 90 valence electrons. The third-order valence-electron chi connectivity index (χ3n) is 3.71. The van der Waals surface area contributed by atoms with Crippen molar-refractivity contribution in [2.24, 2.45) is 0 Å². The zero-order valence-corrected chi connectivity index (χ0v) is 10.7. The summed E-state index contributed by atoms with van der Waals surface area (Å²) in [6.45, 7) is 6.39. The minimum Gasteiger partial charge on any atom is -0.349 e. The maximum absolute atomic E-state index is 10.6. The first-order valence-electron chi connectivity index (χ1n) is 6.05. The van der Waals surface area contributed by atoms with Crippen LogP contribution in [0.1, 0.15) is 44.7 Å². The fraction of sp³-hybridized carbons (Fsp3) is 0.400. The Morgan fingerprint density at radius 1 is 1.18 bits per heavy atom. The van der Waals surface area contributed by atoms with Crippen LogP contribution in [-0.4, -0.2) is 6.41 Å². The van der Waals surface area contributed by atoms with Crippen LogP contribution in [0.2, 0.25) is 0 Å². The molecule has 2 heteroatoms. The highest BCUT2D eigenvalue weighted by Gasteiger charge is 2.43. The van der Waals surface area contributed by atoms with E-state index in [-0.39, 0.29) is 5.54 Å². The highest BCUT2D eigenvalue weighted by molar-refractivity contribution is 5.66. The number of carbonyl (C=O) groups is 1. The molecule has 0 heterocycles. The van der Waals surface area contributed by atoms with Crippen LogP contribution in [-0.2, 0) is 10.3 Å². The van der Waals surface area contributed by atoms with Gasteiger partial charge in [0.15, 0.2) is 0 Å². The van der Waals surface area contributed by atoms with Crippen molar-refractivity contribution in [3.05, 3.63) is 41.0 Å². The molecule has 0 atom stereocenters. The normalized spacial score (nSPS) is 16.2. The first-order valence-corrected chi connectivity index (χ1v) is 6.05. The number of carbonyl (C=O) groups excluding carboxylic acids is 1. The largest absolute Gasteiger partial charge is 0.349 e. The Balaban J connectivity index is 2.25. The van der Waals surface area contributed by atoms with Crippen LogP contribution in [0.4, 0.5) is 0 Å². The monoisotopic (exact) mass is 229 g/mol. The molecule has 0 bridgehead atoms. The predicted octanol–water partition coefficient (Wildman–Crippen LogP) is 3.24. The third kappa shape index (κ3) is 2.26. The van der Waals surface area contributed by atoms with Crippen LogP contribution in [0.15, 0.2) is 29.8 Å². The molecule has 0 radical (unpaired) electrons. The zero-order valence-electron chi connectivity index (χ0n) is 10.7. The third-order valence-corrected chi connectivity index (χ3v) is 3.71. The van der Waals surface area contributed by atoms with Crippen molar-refractivity contribution in [1.29, 1.82) is 0 Å².